The molecule has 29 heavy (non-hydrogen) atoms. The molecule has 0 saturated heterocycles. The summed E-state index contributed by atoms with van der Waals surface area (Å²) in [6.45, 7) is 1.74. The second kappa shape index (κ2) is 8.34. The number of carbonyl (C=O) groups is 1. The number of hydrazone groups is 1. The molecule has 0 aliphatic heterocycles. The average Bonchev–Trinajstić information content (AvgIpc) is 2.72. The molecule has 0 bridgehead atoms. The largest absolute Gasteiger partial charge is 0.497 e. The average molecular weight is 400 g/mol. The first-order valence-electron chi connectivity index (χ1n) is 8.86. The highest BCUT2D eigenvalue weighted by molar-refractivity contribution is 5.89. The zero-order chi connectivity index (χ0) is 21.0. The van der Waals surface area contributed by atoms with Gasteiger partial charge in [0.15, 0.2) is 0 Å². The van der Waals surface area contributed by atoms with E-state index in [1.165, 1.54) is 18.3 Å². The smallest absolute Gasteiger partial charge is 0.416 e. The summed E-state index contributed by atoms with van der Waals surface area (Å²) in [4.78, 5) is 12.4. The zero-order valence-corrected chi connectivity index (χ0v) is 15.8. The maximum absolute atomic E-state index is 12.7. The number of hydrogen-bond donors (Lipinski definition) is 1. The third-order valence-corrected chi connectivity index (χ3v) is 4.57. The first-order valence-corrected chi connectivity index (χ1v) is 8.86. The molecule has 0 saturated carbocycles. The molecule has 0 aromatic heterocycles. The van der Waals surface area contributed by atoms with Crippen LogP contribution in [-0.4, -0.2) is 19.2 Å². The number of alkyl halides is 3. The molecule has 3 aromatic rings. The maximum Gasteiger partial charge on any atom is 0.416 e. The van der Waals surface area contributed by atoms with Crippen molar-refractivity contribution in [3.63, 3.8) is 0 Å². The second-order valence-electron chi connectivity index (χ2n) is 6.55. The van der Waals surface area contributed by atoms with Crippen LogP contribution in [0.15, 0.2) is 65.8 Å². The molecule has 0 spiro atoms. The Bertz CT molecular complexity index is 1060. The Labute approximate surface area is 166 Å². The van der Waals surface area contributed by atoms with Gasteiger partial charge in [-0.3, -0.25) is 4.79 Å². The Morgan fingerprint density at radius 3 is 2.52 bits per heavy atom. The summed E-state index contributed by atoms with van der Waals surface area (Å²) >= 11 is 0. The van der Waals surface area contributed by atoms with Gasteiger partial charge in [0, 0.05) is 0 Å². The summed E-state index contributed by atoms with van der Waals surface area (Å²) in [5.74, 6) is -0.0961. The van der Waals surface area contributed by atoms with Crippen LogP contribution in [0.2, 0.25) is 0 Å². The third kappa shape index (κ3) is 4.93. The van der Waals surface area contributed by atoms with E-state index in [2.05, 4.69) is 10.5 Å². The van der Waals surface area contributed by atoms with E-state index >= 15 is 0 Å². The molecule has 7 heteroatoms. The molecule has 0 unspecified atom stereocenters. The fourth-order valence-corrected chi connectivity index (χ4v) is 2.85. The van der Waals surface area contributed by atoms with Gasteiger partial charge in [0.1, 0.15) is 5.75 Å². The standard InChI is InChI=1S/C22H19F3N2O2/c1-14(16-6-7-18-12-20(29-2)9-8-17(18)11-16)21(28)27-26-13-15-4-3-5-19(10-15)22(23,24)25/h3-14H,1-2H3,(H,27,28)/b26-13+/t14-/m0/s1. The molecule has 3 aromatic carbocycles. The van der Waals surface area contributed by atoms with E-state index in [9.17, 15) is 18.0 Å². The van der Waals surface area contributed by atoms with Crippen molar-refractivity contribution < 1.29 is 22.7 Å². The molecule has 150 valence electrons. The quantitative estimate of drug-likeness (QED) is 0.477. The number of benzene rings is 3. The molecule has 0 heterocycles. The van der Waals surface area contributed by atoms with Gasteiger partial charge in [0.2, 0.25) is 5.91 Å². The van der Waals surface area contributed by atoms with Crippen LogP contribution in [0.1, 0.15) is 29.5 Å². The van der Waals surface area contributed by atoms with E-state index in [0.717, 1.165) is 34.2 Å². The minimum absolute atomic E-state index is 0.243. The van der Waals surface area contributed by atoms with Crippen LogP contribution in [0.3, 0.4) is 0 Å². The summed E-state index contributed by atoms with van der Waals surface area (Å²) in [5, 5.41) is 5.74. The SMILES string of the molecule is COc1ccc2cc([C@H](C)C(=O)N/N=C/c3cccc(C(F)(F)F)c3)ccc2c1. The molecule has 0 fully saturated rings. The van der Waals surface area contributed by atoms with Crippen LogP contribution in [-0.2, 0) is 11.0 Å². The molecule has 1 atom stereocenters. The summed E-state index contributed by atoms with van der Waals surface area (Å²) < 4.78 is 43.4. The van der Waals surface area contributed by atoms with Gasteiger partial charge >= 0.3 is 6.18 Å². The predicted octanol–water partition coefficient (Wildman–Crippen LogP) is 5.12. The Morgan fingerprint density at radius 1 is 1.07 bits per heavy atom. The van der Waals surface area contributed by atoms with Crippen molar-refractivity contribution >= 4 is 22.9 Å². The second-order valence-corrected chi connectivity index (χ2v) is 6.55. The van der Waals surface area contributed by atoms with Crippen molar-refractivity contribution in [2.45, 2.75) is 19.0 Å². The van der Waals surface area contributed by atoms with Gasteiger partial charge < -0.3 is 4.74 Å². The van der Waals surface area contributed by atoms with Crippen molar-refractivity contribution in [2.75, 3.05) is 7.11 Å². The van der Waals surface area contributed by atoms with Crippen LogP contribution in [0.25, 0.3) is 10.8 Å². The zero-order valence-electron chi connectivity index (χ0n) is 15.8. The molecule has 0 radical (unpaired) electrons. The molecular weight excluding hydrogens is 381 g/mol. The number of carbonyl (C=O) groups excluding carboxylic acids is 1. The van der Waals surface area contributed by atoms with Gasteiger partial charge in [-0.25, -0.2) is 5.43 Å². The van der Waals surface area contributed by atoms with Crippen molar-refractivity contribution in [1.82, 2.24) is 5.43 Å². The van der Waals surface area contributed by atoms with E-state index in [1.807, 2.05) is 36.4 Å². The first kappa shape index (κ1) is 20.4. The summed E-state index contributed by atoms with van der Waals surface area (Å²) in [6.07, 6.45) is -3.24. The van der Waals surface area contributed by atoms with Gasteiger partial charge in [-0.2, -0.15) is 18.3 Å². The highest BCUT2D eigenvalue weighted by atomic mass is 19.4. The fourth-order valence-electron chi connectivity index (χ4n) is 2.85. The third-order valence-electron chi connectivity index (χ3n) is 4.57. The highest BCUT2D eigenvalue weighted by Crippen LogP contribution is 2.29. The number of methoxy groups -OCH3 is 1. The van der Waals surface area contributed by atoms with Crippen LogP contribution in [0, 0.1) is 0 Å². The van der Waals surface area contributed by atoms with Gasteiger partial charge in [0.25, 0.3) is 0 Å². The molecule has 4 nitrogen and oxygen atoms in total. The molecular formula is C22H19F3N2O2. The molecule has 0 aliphatic carbocycles. The van der Waals surface area contributed by atoms with Crippen LogP contribution in [0.5, 0.6) is 5.75 Å². The van der Waals surface area contributed by atoms with Gasteiger partial charge in [-0.1, -0.05) is 36.4 Å². The number of rotatable bonds is 5. The predicted molar refractivity (Wildman–Crippen MR) is 106 cm³/mol. The Balaban J connectivity index is 1.69. The van der Waals surface area contributed by atoms with E-state index in [0.29, 0.717) is 0 Å². The van der Waals surface area contributed by atoms with Crippen LogP contribution in [0.4, 0.5) is 13.2 Å². The number of hydrogen-bond acceptors (Lipinski definition) is 3. The summed E-state index contributed by atoms with van der Waals surface area (Å²) in [7, 11) is 1.60. The van der Waals surface area contributed by atoms with Gasteiger partial charge in [0.05, 0.1) is 24.8 Å². The van der Waals surface area contributed by atoms with Crippen LogP contribution >= 0.6 is 0 Å². The summed E-state index contributed by atoms with van der Waals surface area (Å²) in [6, 6.07) is 16.0. The van der Waals surface area contributed by atoms with E-state index in [4.69, 9.17) is 4.74 Å². The lowest BCUT2D eigenvalue weighted by molar-refractivity contribution is -0.137. The van der Waals surface area contributed by atoms with E-state index in [1.54, 1.807) is 14.0 Å². The molecule has 1 amide bonds. The Kier molecular flexibility index (Phi) is 5.87. The van der Waals surface area contributed by atoms with E-state index in [-0.39, 0.29) is 11.5 Å². The minimum Gasteiger partial charge on any atom is -0.497 e. The lowest BCUT2D eigenvalue weighted by Gasteiger charge is -2.11. The van der Waals surface area contributed by atoms with Crippen LogP contribution < -0.4 is 10.2 Å². The lowest BCUT2D eigenvalue weighted by Crippen LogP contribution is -2.23. The summed E-state index contributed by atoms with van der Waals surface area (Å²) in [5.41, 5.74) is 2.66. The Hall–Kier alpha value is -3.35. The van der Waals surface area contributed by atoms with Crippen molar-refractivity contribution in [3.05, 3.63) is 77.4 Å². The lowest BCUT2D eigenvalue weighted by atomic mass is 9.97. The van der Waals surface area contributed by atoms with Crippen molar-refractivity contribution in [2.24, 2.45) is 5.10 Å². The van der Waals surface area contributed by atoms with Gasteiger partial charge in [-0.05, 0) is 53.1 Å². The first-order chi connectivity index (χ1) is 13.8. The molecule has 1 N–H and O–H groups in total. The minimum atomic E-state index is -4.43. The maximum atomic E-state index is 12.7. The number of ether oxygens (including phenoxy) is 1. The van der Waals surface area contributed by atoms with Gasteiger partial charge in [-0.15, -0.1) is 0 Å². The molecule has 3 rings (SSSR count). The number of nitrogens with one attached hydrogen (secondary N) is 1. The highest BCUT2D eigenvalue weighted by Gasteiger charge is 2.30. The fraction of sp³-hybridized carbons (Fsp3) is 0.182. The number of halogens is 3. The van der Waals surface area contributed by atoms with Crippen molar-refractivity contribution in [1.29, 1.82) is 0 Å². The normalized spacial score (nSPS) is 12.9. The van der Waals surface area contributed by atoms with Crippen molar-refractivity contribution in [3.8, 4) is 5.75 Å². The number of amides is 1. The number of nitrogens with zero attached hydrogens (tertiary/aromatic N) is 1. The topological polar surface area (TPSA) is 50.7 Å². The molecule has 0 aliphatic rings. The van der Waals surface area contributed by atoms with E-state index < -0.39 is 17.7 Å². The Morgan fingerprint density at radius 2 is 1.79 bits per heavy atom. The number of fused-ring (bicyclic) bond motifs is 1. The monoisotopic (exact) mass is 400 g/mol.